The first kappa shape index (κ1) is 28.7. The average Bonchev–Trinajstić information content (AvgIpc) is 3.78. The second kappa shape index (κ2) is 10.9. The maximum atomic E-state index is 11.7. The van der Waals surface area contributed by atoms with E-state index in [2.05, 4.69) is 109 Å². The Kier molecular flexibility index (Phi) is 6.97. The molecule has 10 N–H and O–H groups in total. The summed E-state index contributed by atoms with van der Waals surface area (Å²) in [6.07, 6.45) is 4.92. The number of H-pyrrole nitrogens is 3. The number of fused-ring (bicyclic) bond motifs is 3. The monoisotopic (exact) mass is 791 g/mol. The van der Waals surface area contributed by atoms with Crippen molar-refractivity contribution >= 4 is 92.4 Å². The summed E-state index contributed by atoms with van der Waals surface area (Å²) >= 11 is 10.8. The van der Waals surface area contributed by atoms with Gasteiger partial charge in [0.15, 0.2) is 18.1 Å². The fourth-order valence-electron chi connectivity index (χ4n) is 7.21. The van der Waals surface area contributed by atoms with Gasteiger partial charge in [0, 0.05) is 82.2 Å². The molecule has 2 aliphatic heterocycles. The number of aromatic nitrogens is 3. The number of nitrogens with two attached hydrogens (primary N) is 2. The first-order chi connectivity index (χ1) is 21.7. The molecule has 228 valence electrons. The quantitative estimate of drug-likeness (QED) is 0.108. The molecule has 0 spiro atoms. The summed E-state index contributed by atoms with van der Waals surface area (Å²) in [5, 5.41) is 21.8. The molecule has 3 aromatic heterocycles. The van der Waals surface area contributed by atoms with E-state index in [1.165, 1.54) is 0 Å². The van der Waals surface area contributed by atoms with Crippen molar-refractivity contribution in [1.82, 2.24) is 25.6 Å². The maximum absolute atomic E-state index is 11.7. The van der Waals surface area contributed by atoms with Crippen molar-refractivity contribution in [3.05, 3.63) is 103 Å². The highest BCUT2D eigenvalue weighted by atomic mass is 79.9. The molecule has 0 amide bonds. The third kappa shape index (κ3) is 4.84. The van der Waals surface area contributed by atoms with Crippen LogP contribution in [0.4, 0.5) is 0 Å². The summed E-state index contributed by atoms with van der Waals surface area (Å²) in [7, 11) is 0. The van der Waals surface area contributed by atoms with Crippen LogP contribution in [0.15, 0.2) is 96.6 Å². The standard InChI is InChI=1S/C32H28Br3N9O/c33-13-1-4-16-19(10-38-22(16)7-13)25(29-27(41-31(36)43-29)21-12-40-24-9-15(35)3-6-18(21)24)28-26(30(45)44-32(37)42-28)20-11-39-23-8-14(34)2-5-17(20)23/h1-12,25-30,38-40,45H,(H3,36,41,43)(H3,37,42,44). The third-order valence-electron chi connectivity index (χ3n) is 9.06. The lowest BCUT2D eigenvalue weighted by Gasteiger charge is -2.42. The Labute approximate surface area is 282 Å². The van der Waals surface area contributed by atoms with Crippen LogP contribution >= 0.6 is 47.8 Å². The van der Waals surface area contributed by atoms with E-state index in [1.807, 2.05) is 42.9 Å². The summed E-state index contributed by atoms with van der Waals surface area (Å²) in [5.41, 5.74) is 18.8. The van der Waals surface area contributed by atoms with Crippen LogP contribution in [0, 0.1) is 0 Å². The second-order valence-electron chi connectivity index (χ2n) is 11.6. The molecule has 0 bridgehead atoms. The van der Waals surface area contributed by atoms with Gasteiger partial charge < -0.3 is 42.2 Å². The van der Waals surface area contributed by atoms with Gasteiger partial charge in [0.05, 0.1) is 12.0 Å². The predicted octanol–water partition coefficient (Wildman–Crippen LogP) is 5.92. The van der Waals surface area contributed by atoms with Gasteiger partial charge in [0.25, 0.3) is 0 Å². The first-order valence-electron chi connectivity index (χ1n) is 14.4. The van der Waals surface area contributed by atoms with Crippen molar-refractivity contribution in [3.63, 3.8) is 0 Å². The first-order valence-corrected chi connectivity index (χ1v) is 16.8. The van der Waals surface area contributed by atoms with Crippen LogP contribution in [0.3, 0.4) is 0 Å². The molecule has 0 saturated heterocycles. The van der Waals surface area contributed by atoms with Crippen LogP contribution in [-0.2, 0) is 0 Å². The molecule has 3 aromatic carbocycles. The molecular weight excluding hydrogens is 766 g/mol. The molecule has 13 heteroatoms. The Hall–Kier alpha value is -3.78. The molecule has 0 fully saturated rings. The van der Waals surface area contributed by atoms with Crippen LogP contribution in [0.5, 0.6) is 0 Å². The lowest BCUT2D eigenvalue weighted by molar-refractivity contribution is 0.116. The van der Waals surface area contributed by atoms with E-state index in [-0.39, 0.29) is 24.0 Å². The lowest BCUT2D eigenvalue weighted by atomic mass is 9.73. The molecule has 2 aliphatic rings. The van der Waals surface area contributed by atoms with Gasteiger partial charge in [-0.3, -0.25) is 0 Å². The molecular formula is C32H28Br3N9O. The number of nitrogens with zero attached hydrogens (tertiary/aromatic N) is 2. The highest BCUT2D eigenvalue weighted by Gasteiger charge is 2.48. The lowest BCUT2D eigenvalue weighted by Crippen LogP contribution is -2.57. The van der Waals surface area contributed by atoms with Gasteiger partial charge in [0.2, 0.25) is 0 Å². The molecule has 6 unspecified atom stereocenters. The number of hydrogen-bond acceptors (Lipinski definition) is 7. The van der Waals surface area contributed by atoms with Crippen molar-refractivity contribution in [1.29, 1.82) is 0 Å². The Morgan fingerprint density at radius 2 is 1.16 bits per heavy atom. The van der Waals surface area contributed by atoms with E-state index < -0.39 is 18.2 Å². The van der Waals surface area contributed by atoms with Crippen LogP contribution < -0.4 is 22.1 Å². The highest BCUT2D eigenvalue weighted by Crippen LogP contribution is 2.46. The largest absolute Gasteiger partial charge is 0.371 e. The van der Waals surface area contributed by atoms with Crippen molar-refractivity contribution < 1.29 is 5.11 Å². The molecule has 0 saturated carbocycles. The Bertz CT molecular complexity index is 2170. The summed E-state index contributed by atoms with van der Waals surface area (Å²) in [5.74, 6) is -0.236. The van der Waals surface area contributed by atoms with Gasteiger partial charge in [-0.25, -0.2) is 9.98 Å². The number of halogens is 3. The van der Waals surface area contributed by atoms with E-state index in [0.29, 0.717) is 5.96 Å². The van der Waals surface area contributed by atoms with Crippen LogP contribution in [0.25, 0.3) is 32.7 Å². The molecule has 45 heavy (non-hydrogen) atoms. The Morgan fingerprint density at radius 1 is 0.644 bits per heavy atom. The van der Waals surface area contributed by atoms with Gasteiger partial charge in [0.1, 0.15) is 6.04 Å². The molecule has 0 aliphatic carbocycles. The minimum absolute atomic E-state index is 0.180. The normalized spacial score (nSPS) is 24.0. The number of aliphatic hydroxyl groups is 1. The van der Waals surface area contributed by atoms with Crippen molar-refractivity contribution in [2.24, 2.45) is 21.5 Å². The number of aromatic amines is 3. The zero-order valence-electron chi connectivity index (χ0n) is 23.5. The van der Waals surface area contributed by atoms with Crippen LogP contribution in [-0.4, -0.2) is 50.3 Å². The van der Waals surface area contributed by atoms with E-state index in [0.717, 1.165) is 62.8 Å². The third-order valence-corrected chi connectivity index (χ3v) is 10.5. The predicted molar refractivity (Wildman–Crippen MR) is 189 cm³/mol. The molecule has 5 heterocycles. The zero-order chi connectivity index (χ0) is 31.0. The maximum Gasteiger partial charge on any atom is 0.191 e. The number of aliphatic hydroxyl groups excluding tert-OH is 1. The molecule has 0 radical (unpaired) electrons. The number of benzene rings is 3. The topological polar surface area (TPSA) is 168 Å². The number of hydrogen-bond donors (Lipinski definition) is 8. The number of guanidine groups is 2. The summed E-state index contributed by atoms with van der Waals surface area (Å²) in [6, 6.07) is 17.4. The van der Waals surface area contributed by atoms with Crippen molar-refractivity contribution in [3.8, 4) is 0 Å². The Morgan fingerprint density at radius 3 is 1.82 bits per heavy atom. The van der Waals surface area contributed by atoms with Gasteiger partial charge in [-0.2, -0.15) is 0 Å². The van der Waals surface area contributed by atoms with Crippen molar-refractivity contribution in [2.45, 2.75) is 36.2 Å². The van der Waals surface area contributed by atoms with E-state index in [4.69, 9.17) is 16.5 Å². The van der Waals surface area contributed by atoms with E-state index >= 15 is 0 Å². The minimum atomic E-state index is -1.09. The smallest absolute Gasteiger partial charge is 0.191 e. The summed E-state index contributed by atoms with van der Waals surface area (Å²) < 4.78 is 2.92. The minimum Gasteiger partial charge on any atom is -0.371 e. The molecule has 10 nitrogen and oxygen atoms in total. The van der Waals surface area contributed by atoms with Gasteiger partial charge in [-0.05, 0) is 47.5 Å². The fourth-order valence-corrected chi connectivity index (χ4v) is 8.29. The van der Waals surface area contributed by atoms with Gasteiger partial charge >= 0.3 is 0 Å². The summed E-state index contributed by atoms with van der Waals surface area (Å²) in [4.78, 5) is 19.7. The highest BCUT2D eigenvalue weighted by molar-refractivity contribution is 9.11. The van der Waals surface area contributed by atoms with Crippen LogP contribution in [0.2, 0.25) is 0 Å². The molecule has 8 rings (SSSR count). The SMILES string of the molecule is NC1=NC(c2c[nH]c3cc(Br)ccc23)C(C(c2c[nH]c3cc(Br)ccc23)C2NC(N)=NC(O)C2c2c[nH]c3cc(Br)ccc23)N1. The van der Waals surface area contributed by atoms with Crippen LogP contribution in [0.1, 0.15) is 34.6 Å². The summed E-state index contributed by atoms with van der Waals surface area (Å²) in [6.45, 7) is 0. The fraction of sp³-hybridized carbons (Fsp3) is 0.188. The average molecular weight is 794 g/mol. The Balaban J connectivity index is 1.34. The number of nitrogens with one attached hydrogen (secondary N) is 5. The van der Waals surface area contributed by atoms with E-state index in [1.54, 1.807) is 0 Å². The zero-order valence-corrected chi connectivity index (χ0v) is 28.3. The van der Waals surface area contributed by atoms with Gasteiger partial charge in [-0.1, -0.05) is 66.0 Å². The van der Waals surface area contributed by atoms with E-state index in [9.17, 15) is 5.11 Å². The molecule has 6 aromatic rings. The molecule has 6 atom stereocenters. The number of rotatable bonds is 5. The van der Waals surface area contributed by atoms with Crippen molar-refractivity contribution in [2.75, 3.05) is 0 Å². The van der Waals surface area contributed by atoms with Gasteiger partial charge in [-0.15, -0.1) is 0 Å². The second-order valence-corrected chi connectivity index (χ2v) is 14.3. The number of aliphatic imine (C=N–C) groups is 2.